The smallest absolute Gasteiger partial charge is 0.154 e. The van der Waals surface area contributed by atoms with E-state index in [9.17, 15) is 8.42 Å². The van der Waals surface area contributed by atoms with E-state index in [1.807, 2.05) is 7.05 Å². The van der Waals surface area contributed by atoms with Gasteiger partial charge in [-0.2, -0.15) is 0 Å². The monoisotopic (exact) mass is 247 g/mol. The average molecular weight is 247 g/mol. The molecule has 2 rings (SSSR count). The van der Waals surface area contributed by atoms with Gasteiger partial charge in [0.1, 0.15) is 0 Å². The van der Waals surface area contributed by atoms with E-state index in [4.69, 9.17) is 4.74 Å². The van der Waals surface area contributed by atoms with Crippen LogP contribution in [-0.4, -0.2) is 45.7 Å². The molecule has 2 unspecified atom stereocenters. The third kappa shape index (κ3) is 3.43. The van der Waals surface area contributed by atoms with Gasteiger partial charge in [-0.25, -0.2) is 8.42 Å². The van der Waals surface area contributed by atoms with Gasteiger partial charge in [-0.15, -0.1) is 0 Å². The lowest BCUT2D eigenvalue weighted by Crippen LogP contribution is -2.37. The minimum absolute atomic E-state index is 0.0540. The van der Waals surface area contributed by atoms with Crippen LogP contribution >= 0.6 is 0 Å². The van der Waals surface area contributed by atoms with Gasteiger partial charge in [-0.3, -0.25) is 0 Å². The quantitative estimate of drug-likeness (QED) is 0.746. The Morgan fingerprint density at radius 2 is 2.12 bits per heavy atom. The van der Waals surface area contributed by atoms with Crippen molar-refractivity contribution in [3.63, 3.8) is 0 Å². The van der Waals surface area contributed by atoms with E-state index in [0.29, 0.717) is 5.92 Å². The number of hydrogen-bond acceptors (Lipinski definition) is 4. The highest BCUT2D eigenvalue weighted by Gasteiger charge is 2.34. The Balaban J connectivity index is 1.85. The summed E-state index contributed by atoms with van der Waals surface area (Å²) in [5, 5.41) is 3.13. The molecule has 2 fully saturated rings. The molecule has 1 saturated carbocycles. The van der Waals surface area contributed by atoms with Gasteiger partial charge in [0.05, 0.1) is 17.6 Å². The van der Waals surface area contributed by atoms with Crippen molar-refractivity contribution in [3.8, 4) is 0 Å². The van der Waals surface area contributed by atoms with E-state index in [0.717, 1.165) is 19.4 Å². The Kier molecular flexibility index (Phi) is 3.87. The maximum absolute atomic E-state index is 12.0. The molecule has 1 aliphatic heterocycles. The first-order valence-electron chi connectivity index (χ1n) is 6.10. The molecule has 0 spiro atoms. The first-order chi connectivity index (χ1) is 7.61. The van der Waals surface area contributed by atoms with Gasteiger partial charge in [-0.1, -0.05) is 0 Å². The van der Waals surface area contributed by atoms with Crippen LogP contribution in [0.5, 0.6) is 0 Å². The van der Waals surface area contributed by atoms with Crippen molar-refractivity contribution >= 4 is 9.84 Å². The van der Waals surface area contributed by atoms with Crippen LogP contribution in [0.4, 0.5) is 0 Å². The summed E-state index contributed by atoms with van der Waals surface area (Å²) in [7, 11) is -1.12. The van der Waals surface area contributed by atoms with Crippen LogP contribution in [0.2, 0.25) is 0 Å². The molecule has 16 heavy (non-hydrogen) atoms. The fourth-order valence-corrected chi connectivity index (χ4v) is 4.31. The van der Waals surface area contributed by atoms with E-state index in [2.05, 4.69) is 5.32 Å². The second-order valence-electron chi connectivity index (χ2n) is 4.94. The number of nitrogens with one attached hydrogen (secondary N) is 1. The highest BCUT2D eigenvalue weighted by atomic mass is 32.2. The summed E-state index contributed by atoms with van der Waals surface area (Å²) in [6.45, 7) is 0.721. The lowest BCUT2D eigenvalue weighted by Gasteiger charge is -2.17. The highest BCUT2D eigenvalue weighted by molar-refractivity contribution is 7.91. The fraction of sp³-hybridized carbons (Fsp3) is 1.00. The molecule has 1 saturated heterocycles. The molecule has 0 aromatic rings. The van der Waals surface area contributed by atoms with Gasteiger partial charge in [-0.05, 0) is 38.6 Å². The Morgan fingerprint density at radius 1 is 1.38 bits per heavy atom. The molecule has 2 atom stereocenters. The van der Waals surface area contributed by atoms with Crippen LogP contribution in [-0.2, 0) is 14.6 Å². The largest absolute Gasteiger partial charge is 0.377 e. The summed E-state index contributed by atoms with van der Waals surface area (Å²) in [5.41, 5.74) is 0. The van der Waals surface area contributed by atoms with Gasteiger partial charge in [0, 0.05) is 12.6 Å². The zero-order valence-electron chi connectivity index (χ0n) is 9.81. The van der Waals surface area contributed by atoms with E-state index in [-0.39, 0.29) is 23.7 Å². The van der Waals surface area contributed by atoms with Crippen LogP contribution in [0.25, 0.3) is 0 Å². The first kappa shape index (κ1) is 12.3. The molecule has 1 heterocycles. The molecule has 1 aliphatic carbocycles. The molecule has 94 valence electrons. The zero-order chi connectivity index (χ0) is 11.6. The lowest BCUT2D eigenvalue weighted by atomic mass is 10.2. The lowest BCUT2D eigenvalue weighted by molar-refractivity contribution is 0.127. The summed E-state index contributed by atoms with van der Waals surface area (Å²) in [4.78, 5) is 0. The van der Waals surface area contributed by atoms with Crippen LogP contribution in [0.3, 0.4) is 0 Å². The first-order valence-corrected chi connectivity index (χ1v) is 7.92. The molecule has 5 heteroatoms. The third-order valence-corrected chi connectivity index (χ3v) is 5.21. The van der Waals surface area contributed by atoms with Gasteiger partial charge < -0.3 is 10.1 Å². The second-order valence-corrected chi connectivity index (χ2v) is 7.10. The summed E-state index contributed by atoms with van der Waals surface area (Å²) < 4.78 is 29.3. The van der Waals surface area contributed by atoms with Crippen LogP contribution < -0.4 is 5.32 Å². The average Bonchev–Trinajstić information content (AvgIpc) is 2.95. The van der Waals surface area contributed by atoms with Crippen molar-refractivity contribution in [2.24, 2.45) is 5.92 Å². The molecule has 0 bridgehead atoms. The van der Waals surface area contributed by atoms with E-state index < -0.39 is 9.84 Å². The van der Waals surface area contributed by atoms with Crippen LogP contribution in [0, 0.1) is 5.92 Å². The summed E-state index contributed by atoms with van der Waals surface area (Å²) in [6.07, 6.45) is 4.18. The molecule has 1 N–H and O–H groups in total. The van der Waals surface area contributed by atoms with Crippen molar-refractivity contribution in [2.75, 3.05) is 25.2 Å². The summed E-state index contributed by atoms with van der Waals surface area (Å²) in [6, 6.07) is 0.145. The molecular formula is C11H21NO3S. The second kappa shape index (κ2) is 5.02. The van der Waals surface area contributed by atoms with Crippen molar-refractivity contribution in [3.05, 3.63) is 0 Å². The SMILES string of the molecule is CNC(CS(=O)(=O)CC1CCCO1)C1CC1. The number of hydrogen-bond donors (Lipinski definition) is 1. The molecule has 4 nitrogen and oxygen atoms in total. The topological polar surface area (TPSA) is 55.4 Å². The van der Waals surface area contributed by atoms with Crippen molar-refractivity contribution in [1.82, 2.24) is 5.32 Å². The summed E-state index contributed by atoms with van der Waals surface area (Å²) >= 11 is 0. The van der Waals surface area contributed by atoms with Gasteiger partial charge >= 0.3 is 0 Å². The predicted molar refractivity (Wildman–Crippen MR) is 63.2 cm³/mol. The number of ether oxygens (including phenoxy) is 1. The Hall–Kier alpha value is -0.130. The number of sulfone groups is 1. The maximum atomic E-state index is 12.0. The minimum atomic E-state index is -2.97. The van der Waals surface area contributed by atoms with E-state index in [1.165, 1.54) is 12.8 Å². The standard InChI is InChI=1S/C11H21NO3S/c1-12-11(9-4-5-9)8-16(13,14)7-10-3-2-6-15-10/h9-12H,2-8H2,1H3. The number of rotatable bonds is 6. The van der Waals surface area contributed by atoms with Crippen molar-refractivity contribution in [2.45, 2.75) is 37.8 Å². The Bertz CT molecular complexity index is 318. The molecule has 0 aromatic carbocycles. The van der Waals surface area contributed by atoms with Crippen molar-refractivity contribution in [1.29, 1.82) is 0 Å². The van der Waals surface area contributed by atoms with E-state index >= 15 is 0 Å². The third-order valence-electron chi connectivity index (χ3n) is 3.46. The fourth-order valence-electron chi connectivity index (χ4n) is 2.35. The molecule has 0 aromatic heterocycles. The van der Waals surface area contributed by atoms with Gasteiger partial charge in [0.15, 0.2) is 9.84 Å². The molecule has 2 aliphatic rings. The molecular weight excluding hydrogens is 226 g/mol. The van der Waals surface area contributed by atoms with Crippen LogP contribution in [0.1, 0.15) is 25.7 Å². The Labute approximate surface area is 97.7 Å². The van der Waals surface area contributed by atoms with E-state index in [1.54, 1.807) is 0 Å². The molecule has 0 radical (unpaired) electrons. The Morgan fingerprint density at radius 3 is 2.62 bits per heavy atom. The van der Waals surface area contributed by atoms with Crippen LogP contribution in [0.15, 0.2) is 0 Å². The zero-order valence-corrected chi connectivity index (χ0v) is 10.6. The van der Waals surface area contributed by atoms with Gasteiger partial charge in [0.25, 0.3) is 0 Å². The predicted octanol–water partition coefficient (Wildman–Crippen LogP) is 0.578. The van der Waals surface area contributed by atoms with Gasteiger partial charge in [0.2, 0.25) is 0 Å². The van der Waals surface area contributed by atoms with Crippen molar-refractivity contribution < 1.29 is 13.2 Å². The normalized spacial score (nSPS) is 28.2. The maximum Gasteiger partial charge on any atom is 0.154 e. The minimum Gasteiger partial charge on any atom is -0.377 e. The molecule has 0 amide bonds. The summed E-state index contributed by atoms with van der Waals surface area (Å²) in [5.74, 6) is 1.05. The highest BCUT2D eigenvalue weighted by Crippen LogP contribution is 2.33.